The van der Waals surface area contributed by atoms with Gasteiger partial charge in [0.25, 0.3) is 0 Å². The Kier molecular flexibility index (Phi) is 4.85. The van der Waals surface area contributed by atoms with Gasteiger partial charge in [-0.25, -0.2) is 14.8 Å². The molecule has 1 saturated carbocycles. The molecule has 0 spiro atoms. The fraction of sp³-hybridized carbons (Fsp3) is 0.643. The van der Waals surface area contributed by atoms with Crippen LogP contribution in [0.5, 0.6) is 0 Å². The number of ether oxygens (including phenoxy) is 2. The van der Waals surface area contributed by atoms with Gasteiger partial charge in [0.2, 0.25) is 0 Å². The molecule has 0 saturated heterocycles. The molecule has 1 fully saturated rings. The van der Waals surface area contributed by atoms with Crippen LogP contribution in [0.3, 0.4) is 0 Å². The van der Waals surface area contributed by atoms with E-state index in [9.17, 15) is 4.79 Å². The summed E-state index contributed by atoms with van der Waals surface area (Å²) in [7, 11) is 0. The third-order valence-electron chi connectivity index (χ3n) is 2.91. The van der Waals surface area contributed by atoms with E-state index in [2.05, 4.69) is 16.9 Å². The van der Waals surface area contributed by atoms with Gasteiger partial charge in [-0.05, 0) is 26.2 Å². The van der Waals surface area contributed by atoms with Crippen molar-refractivity contribution >= 4 is 5.97 Å². The Morgan fingerprint density at radius 3 is 2.84 bits per heavy atom. The molecular weight excluding hydrogens is 244 g/mol. The van der Waals surface area contributed by atoms with Crippen molar-refractivity contribution in [2.75, 3.05) is 13.2 Å². The van der Waals surface area contributed by atoms with E-state index in [1.165, 1.54) is 0 Å². The van der Waals surface area contributed by atoms with Crippen LogP contribution < -0.4 is 0 Å². The molecule has 19 heavy (non-hydrogen) atoms. The summed E-state index contributed by atoms with van der Waals surface area (Å²) in [6.45, 7) is 5.31. The van der Waals surface area contributed by atoms with Gasteiger partial charge in [0.1, 0.15) is 6.61 Å². The van der Waals surface area contributed by atoms with Crippen molar-refractivity contribution in [1.29, 1.82) is 0 Å². The number of carbonyl (C=O) groups excluding carboxylic acids is 1. The quantitative estimate of drug-likeness (QED) is 0.559. The molecule has 1 aromatic heterocycles. The lowest BCUT2D eigenvalue weighted by molar-refractivity contribution is 0.0523. The molecule has 0 unspecified atom stereocenters. The van der Waals surface area contributed by atoms with Crippen LogP contribution in [-0.4, -0.2) is 29.2 Å². The van der Waals surface area contributed by atoms with E-state index in [1.807, 2.05) is 0 Å². The number of esters is 1. The summed E-state index contributed by atoms with van der Waals surface area (Å²) in [5.41, 5.74) is 1.33. The Morgan fingerprint density at radius 1 is 1.42 bits per heavy atom. The Hall–Kier alpha value is -1.49. The maximum absolute atomic E-state index is 11.8. The number of aromatic nitrogens is 2. The second-order valence-electron chi connectivity index (χ2n) is 4.63. The lowest BCUT2D eigenvalue weighted by Crippen LogP contribution is -2.12. The van der Waals surface area contributed by atoms with Crippen LogP contribution in [0.15, 0.2) is 6.20 Å². The van der Waals surface area contributed by atoms with Crippen molar-refractivity contribution in [3.05, 3.63) is 23.3 Å². The monoisotopic (exact) mass is 264 g/mol. The maximum Gasteiger partial charge on any atom is 0.341 e. The molecule has 5 nitrogen and oxygen atoms in total. The summed E-state index contributed by atoms with van der Waals surface area (Å²) in [5.74, 6) is 0.696. The first-order valence-electron chi connectivity index (χ1n) is 6.86. The van der Waals surface area contributed by atoms with E-state index in [0.717, 1.165) is 25.0 Å². The minimum atomic E-state index is -0.328. The van der Waals surface area contributed by atoms with Crippen molar-refractivity contribution in [3.8, 4) is 0 Å². The van der Waals surface area contributed by atoms with Crippen LogP contribution in [-0.2, 0) is 16.1 Å². The van der Waals surface area contributed by atoms with E-state index in [-0.39, 0.29) is 5.97 Å². The Bertz CT molecular complexity index is 444. The first-order valence-corrected chi connectivity index (χ1v) is 6.86. The highest BCUT2D eigenvalue weighted by atomic mass is 16.5. The maximum atomic E-state index is 11.8. The zero-order valence-corrected chi connectivity index (χ0v) is 11.5. The lowest BCUT2D eigenvalue weighted by atomic mass is 10.1. The summed E-state index contributed by atoms with van der Waals surface area (Å²) >= 11 is 0. The molecule has 0 atom stereocenters. The number of carbonyl (C=O) groups is 1. The zero-order valence-electron chi connectivity index (χ0n) is 11.5. The summed E-state index contributed by atoms with van der Waals surface area (Å²) < 4.78 is 10.5. The predicted molar refractivity (Wildman–Crippen MR) is 69.9 cm³/mol. The van der Waals surface area contributed by atoms with Gasteiger partial charge in [-0.15, -0.1) is 0 Å². The Labute approximate surface area is 113 Å². The number of hydrogen-bond acceptors (Lipinski definition) is 5. The van der Waals surface area contributed by atoms with Crippen LogP contribution in [0.25, 0.3) is 0 Å². The van der Waals surface area contributed by atoms with E-state index in [0.29, 0.717) is 37.1 Å². The molecule has 1 aliphatic rings. The van der Waals surface area contributed by atoms with E-state index in [4.69, 9.17) is 9.47 Å². The molecule has 0 bridgehead atoms. The van der Waals surface area contributed by atoms with Crippen molar-refractivity contribution in [2.45, 2.75) is 45.6 Å². The second-order valence-corrected chi connectivity index (χ2v) is 4.63. The highest BCUT2D eigenvalue weighted by Crippen LogP contribution is 2.40. The van der Waals surface area contributed by atoms with Gasteiger partial charge in [-0.1, -0.05) is 6.92 Å². The predicted octanol–water partition coefficient (Wildman–Crippen LogP) is 2.46. The van der Waals surface area contributed by atoms with Crippen LogP contribution >= 0.6 is 0 Å². The summed E-state index contributed by atoms with van der Waals surface area (Å²) in [5, 5.41) is 0. The Morgan fingerprint density at radius 2 is 2.21 bits per heavy atom. The highest BCUT2D eigenvalue weighted by molar-refractivity contribution is 5.90. The van der Waals surface area contributed by atoms with Gasteiger partial charge in [0.15, 0.2) is 5.82 Å². The van der Waals surface area contributed by atoms with Gasteiger partial charge in [0, 0.05) is 18.7 Å². The van der Waals surface area contributed by atoms with Gasteiger partial charge >= 0.3 is 5.97 Å². The number of rotatable bonds is 7. The molecule has 2 rings (SSSR count). The van der Waals surface area contributed by atoms with Gasteiger partial charge in [-0.3, -0.25) is 0 Å². The molecule has 1 aromatic rings. The van der Waals surface area contributed by atoms with Gasteiger partial charge in [0.05, 0.1) is 17.9 Å². The fourth-order valence-electron chi connectivity index (χ4n) is 1.84. The second kappa shape index (κ2) is 6.61. The van der Waals surface area contributed by atoms with Crippen molar-refractivity contribution in [3.63, 3.8) is 0 Å². The fourth-order valence-corrected chi connectivity index (χ4v) is 1.84. The molecule has 0 amide bonds. The molecule has 0 radical (unpaired) electrons. The van der Waals surface area contributed by atoms with E-state index in [1.54, 1.807) is 13.1 Å². The van der Waals surface area contributed by atoms with Crippen LogP contribution in [0.4, 0.5) is 0 Å². The minimum absolute atomic E-state index is 0.328. The number of nitrogens with zero attached hydrogens (tertiary/aromatic N) is 2. The molecule has 0 N–H and O–H groups in total. The van der Waals surface area contributed by atoms with Crippen LogP contribution in [0.1, 0.15) is 60.9 Å². The molecule has 0 aromatic carbocycles. The standard InChI is InChI=1S/C14H20N2O3/c1-3-7-18-9-12-15-8-11(14(17)19-4-2)13(16-12)10-5-6-10/h8,10H,3-7,9H2,1-2H3. The molecule has 5 heteroatoms. The van der Waals surface area contributed by atoms with Crippen molar-refractivity contribution < 1.29 is 14.3 Å². The smallest absolute Gasteiger partial charge is 0.341 e. The first kappa shape index (κ1) is 13.9. The van der Waals surface area contributed by atoms with Gasteiger partial charge < -0.3 is 9.47 Å². The van der Waals surface area contributed by atoms with Gasteiger partial charge in [-0.2, -0.15) is 0 Å². The first-order chi connectivity index (χ1) is 9.26. The molecule has 104 valence electrons. The van der Waals surface area contributed by atoms with E-state index >= 15 is 0 Å². The molecule has 0 aliphatic heterocycles. The van der Waals surface area contributed by atoms with Crippen LogP contribution in [0.2, 0.25) is 0 Å². The zero-order chi connectivity index (χ0) is 13.7. The SMILES string of the molecule is CCCOCc1ncc(C(=O)OCC)c(C2CC2)n1. The van der Waals surface area contributed by atoms with Crippen molar-refractivity contribution in [1.82, 2.24) is 9.97 Å². The highest BCUT2D eigenvalue weighted by Gasteiger charge is 2.30. The third kappa shape index (κ3) is 3.73. The average molecular weight is 264 g/mol. The largest absolute Gasteiger partial charge is 0.462 e. The van der Waals surface area contributed by atoms with Crippen LogP contribution in [0, 0.1) is 0 Å². The summed E-state index contributed by atoms with van der Waals surface area (Å²) in [6, 6.07) is 0. The number of hydrogen-bond donors (Lipinski definition) is 0. The topological polar surface area (TPSA) is 61.3 Å². The summed E-state index contributed by atoms with van der Waals surface area (Å²) in [6.07, 6.45) is 4.71. The summed E-state index contributed by atoms with van der Waals surface area (Å²) in [4.78, 5) is 20.5. The van der Waals surface area contributed by atoms with Crippen molar-refractivity contribution in [2.24, 2.45) is 0 Å². The lowest BCUT2D eigenvalue weighted by Gasteiger charge is -2.09. The third-order valence-corrected chi connectivity index (χ3v) is 2.91. The van der Waals surface area contributed by atoms with E-state index < -0.39 is 0 Å². The molecular formula is C14H20N2O3. The Balaban J connectivity index is 2.13. The minimum Gasteiger partial charge on any atom is -0.462 e. The average Bonchev–Trinajstić information content (AvgIpc) is 3.23. The molecule has 1 heterocycles. The normalized spacial score (nSPS) is 14.4. The molecule has 1 aliphatic carbocycles.